The zero-order valence-electron chi connectivity index (χ0n) is 23.5. The number of anilines is 1. The molecule has 0 saturated carbocycles. The molecule has 1 aliphatic rings. The Bertz CT molecular complexity index is 1900. The summed E-state index contributed by atoms with van der Waals surface area (Å²) < 4.78 is 0. The maximum Gasteiger partial charge on any atom is 0.272 e. The monoisotopic (exact) mass is 614 g/mol. The van der Waals surface area contributed by atoms with Gasteiger partial charge in [-0.1, -0.05) is 84.4 Å². The molecule has 7 heteroatoms. The van der Waals surface area contributed by atoms with Gasteiger partial charge in [0.1, 0.15) is 5.70 Å². The van der Waals surface area contributed by atoms with Gasteiger partial charge in [-0.05, 0) is 88.8 Å². The normalized spacial score (nSPS) is 11.8. The zero-order chi connectivity index (χ0) is 30.5. The van der Waals surface area contributed by atoms with E-state index in [9.17, 15) is 14.4 Å². The molecule has 1 aliphatic carbocycles. The summed E-state index contributed by atoms with van der Waals surface area (Å²) in [5.74, 6) is -0.585. The van der Waals surface area contributed by atoms with Crippen molar-refractivity contribution in [2.45, 2.75) is 11.3 Å². The average Bonchev–Trinajstić information content (AvgIpc) is 3.43. The molecule has 0 heterocycles. The van der Waals surface area contributed by atoms with Crippen LogP contribution in [0.15, 0.2) is 132 Å². The predicted molar refractivity (Wildman–Crippen MR) is 178 cm³/mol. The van der Waals surface area contributed by atoms with Crippen LogP contribution in [0.2, 0.25) is 5.02 Å². The number of thioether (sulfide) groups is 1. The molecule has 0 fully saturated rings. The number of Topliss-reactive ketones (excluding diaryl/α,β-unsaturated/α-hetero) is 1. The molecule has 0 atom stereocenters. The lowest BCUT2D eigenvalue weighted by atomic mass is 10.0. The van der Waals surface area contributed by atoms with Gasteiger partial charge in [-0.25, -0.2) is 0 Å². The van der Waals surface area contributed by atoms with E-state index in [0.29, 0.717) is 27.4 Å². The number of hydrogen-bond acceptors (Lipinski definition) is 4. The molecule has 216 valence electrons. The molecule has 5 aromatic rings. The van der Waals surface area contributed by atoms with E-state index in [1.54, 1.807) is 60.7 Å². The Morgan fingerprint density at radius 3 is 2.30 bits per heavy atom. The van der Waals surface area contributed by atoms with Gasteiger partial charge in [0, 0.05) is 26.7 Å². The van der Waals surface area contributed by atoms with Gasteiger partial charge >= 0.3 is 0 Å². The van der Waals surface area contributed by atoms with Gasteiger partial charge in [-0.3, -0.25) is 14.4 Å². The molecule has 0 aliphatic heterocycles. The Labute approximate surface area is 265 Å². The number of halogens is 1. The second-order valence-corrected chi connectivity index (χ2v) is 11.8. The topological polar surface area (TPSA) is 75.3 Å². The van der Waals surface area contributed by atoms with E-state index < -0.39 is 11.8 Å². The van der Waals surface area contributed by atoms with Crippen LogP contribution >= 0.6 is 23.4 Å². The maximum atomic E-state index is 13.4. The van der Waals surface area contributed by atoms with Crippen molar-refractivity contribution in [2.24, 2.45) is 0 Å². The van der Waals surface area contributed by atoms with Crippen LogP contribution in [0.5, 0.6) is 0 Å². The van der Waals surface area contributed by atoms with Crippen molar-refractivity contribution in [2.75, 3.05) is 11.1 Å². The fourth-order valence-electron chi connectivity index (χ4n) is 5.08. The number of carbonyl (C=O) groups excluding carboxylic acids is 3. The maximum absolute atomic E-state index is 13.4. The molecule has 0 spiro atoms. The van der Waals surface area contributed by atoms with E-state index in [2.05, 4.69) is 22.8 Å². The standard InChI is InChI=1S/C37H27ClN2O3S/c38-29-16-13-24(14-17-29)19-34(40-36(42)25-7-2-1-3-8-25)37(43)39-30-10-6-11-31(22-30)44-23-35(41)27-15-18-33-28(21-27)20-26-9-4-5-12-32(26)33/h1-19,21-22H,20,23H2,(H,39,43)(H,40,42)/b34-19-. The number of fused-ring (bicyclic) bond motifs is 3. The van der Waals surface area contributed by atoms with Crippen LogP contribution in [0.3, 0.4) is 0 Å². The lowest BCUT2D eigenvalue weighted by Crippen LogP contribution is -2.30. The second-order valence-electron chi connectivity index (χ2n) is 10.3. The number of amides is 2. The van der Waals surface area contributed by atoms with Crippen LogP contribution in [0.25, 0.3) is 17.2 Å². The molecular weight excluding hydrogens is 588 g/mol. The molecule has 5 nitrogen and oxygen atoms in total. The smallest absolute Gasteiger partial charge is 0.272 e. The molecule has 0 radical (unpaired) electrons. The highest BCUT2D eigenvalue weighted by molar-refractivity contribution is 8.00. The lowest BCUT2D eigenvalue weighted by molar-refractivity contribution is -0.113. The van der Waals surface area contributed by atoms with Crippen molar-refractivity contribution in [3.8, 4) is 11.1 Å². The number of ketones is 1. The van der Waals surface area contributed by atoms with Crippen molar-refractivity contribution >= 4 is 52.7 Å². The van der Waals surface area contributed by atoms with Crippen molar-refractivity contribution in [1.82, 2.24) is 5.32 Å². The van der Waals surface area contributed by atoms with Crippen molar-refractivity contribution in [3.63, 3.8) is 0 Å². The number of benzene rings is 5. The highest BCUT2D eigenvalue weighted by Crippen LogP contribution is 2.37. The molecule has 44 heavy (non-hydrogen) atoms. The van der Waals surface area contributed by atoms with Gasteiger partial charge in [0.05, 0.1) is 5.75 Å². The second kappa shape index (κ2) is 13.2. The molecule has 0 bridgehead atoms. The minimum Gasteiger partial charge on any atom is -0.321 e. The number of nitrogens with one attached hydrogen (secondary N) is 2. The molecule has 6 rings (SSSR count). The summed E-state index contributed by atoms with van der Waals surface area (Å²) in [7, 11) is 0. The zero-order valence-corrected chi connectivity index (χ0v) is 25.1. The summed E-state index contributed by atoms with van der Waals surface area (Å²) >= 11 is 7.43. The Balaban J connectivity index is 1.13. The van der Waals surface area contributed by atoms with E-state index in [-0.39, 0.29) is 17.2 Å². The van der Waals surface area contributed by atoms with E-state index in [1.807, 2.05) is 54.6 Å². The van der Waals surface area contributed by atoms with Gasteiger partial charge in [0.2, 0.25) is 0 Å². The summed E-state index contributed by atoms with van der Waals surface area (Å²) in [5, 5.41) is 6.19. The third-order valence-corrected chi connectivity index (χ3v) is 8.53. The third kappa shape index (κ3) is 6.83. The summed E-state index contributed by atoms with van der Waals surface area (Å²) in [6.07, 6.45) is 2.43. The molecule has 5 aromatic carbocycles. The molecular formula is C37H27ClN2O3S. The Kier molecular flexibility index (Phi) is 8.73. The first-order chi connectivity index (χ1) is 21.4. The fraction of sp³-hybridized carbons (Fsp3) is 0.0541. The highest BCUT2D eigenvalue weighted by atomic mass is 35.5. The van der Waals surface area contributed by atoms with Gasteiger partial charge in [0.15, 0.2) is 5.78 Å². The van der Waals surface area contributed by atoms with Gasteiger partial charge in [-0.15, -0.1) is 11.8 Å². The summed E-state index contributed by atoms with van der Waals surface area (Å²) in [6, 6.07) is 37.2. The van der Waals surface area contributed by atoms with Crippen molar-refractivity contribution in [3.05, 3.63) is 160 Å². The van der Waals surface area contributed by atoms with Crippen LogP contribution in [-0.2, 0) is 11.2 Å². The quantitative estimate of drug-likeness (QED) is 0.0976. The average molecular weight is 615 g/mol. The minimum absolute atomic E-state index is 0.0417. The Morgan fingerprint density at radius 2 is 1.48 bits per heavy atom. The molecule has 2 N–H and O–H groups in total. The van der Waals surface area contributed by atoms with Crippen molar-refractivity contribution in [1.29, 1.82) is 0 Å². The van der Waals surface area contributed by atoms with Gasteiger partial charge < -0.3 is 10.6 Å². The van der Waals surface area contributed by atoms with Gasteiger partial charge in [-0.2, -0.15) is 0 Å². The molecule has 2 amide bonds. The van der Waals surface area contributed by atoms with Crippen molar-refractivity contribution < 1.29 is 14.4 Å². The minimum atomic E-state index is -0.485. The van der Waals surface area contributed by atoms with Crippen LogP contribution in [0.1, 0.15) is 37.4 Å². The summed E-state index contributed by atoms with van der Waals surface area (Å²) in [4.78, 5) is 40.3. The molecule has 0 unspecified atom stereocenters. The summed E-state index contributed by atoms with van der Waals surface area (Å²) in [6.45, 7) is 0. The van der Waals surface area contributed by atoms with E-state index in [0.717, 1.165) is 11.3 Å². The predicted octanol–water partition coefficient (Wildman–Crippen LogP) is 8.30. The van der Waals surface area contributed by atoms with E-state index in [1.165, 1.54) is 34.0 Å². The Hall–Kier alpha value is -4.91. The SMILES string of the molecule is O=C(Nc1cccc(SCC(=O)c2ccc3c(c2)Cc2ccccc2-3)c1)/C(=C/c1ccc(Cl)cc1)NC(=O)c1ccccc1. The first-order valence-corrected chi connectivity index (χ1v) is 15.4. The number of rotatable bonds is 9. The molecule has 0 saturated heterocycles. The lowest BCUT2D eigenvalue weighted by Gasteiger charge is -2.12. The fourth-order valence-corrected chi connectivity index (χ4v) is 6.06. The largest absolute Gasteiger partial charge is 0.321 e. The van der Waals surface area contributed by atoms with Gasteiger partial charge in [0.25, 0.3) is 11.8 Å². The van der Waals surface area contributed by atoms with Crippen LogP contribution in [-0.4, -0.2) is 23.4 Å². The Morgan fingerprint density at radius 1 is 0.727 bits per heavy atom. The van der Waals surface area contributed by atoms with E-state index in [4.69, 9.17) is 11.6 Å². The summed E-state index contributed by atoms with van der Waals surface area (Å²) in [5.41, 5.74) is 7.33. The van der Waals surface area contributed by atoms with Crippen LogP contribution < -0.4 is 10.6 Å². The first kappa shape index (κ1) is 29.2. The number of carbonyl (C=O) groups is 3. The van der Waals surface area contributed by atoms with E-state index >= 15 is 0 Å². The number of hydrogen-bond donors (Lipinski definition) is 2. The van der Waals surface area contributed by atoms with Crippen LogP contribution in [0.4, 0.5) is 5.69 Å². The highest BCUT2D eigenvalue weighted by Gasteiger charge is 2.20. The molecule has 0 aromatic heterocycles. The third-order valence-electron chi connectivity index (χ3n) is 7.29. The van der Waals surface area contributed by atoms with Crippen LogP contribution in [0, 0.1) is 0 Å². The first-order valence-electron chi connectivity index (χ1n) is 14.1.